The molecular weight excluding hydrogens is 312 g/mol. The molecule has 0 unspecified atom stereocenters. The van der Waals surface area contributed by atoms with Crippen molar-refractivity contribution in [3.05, 3.63) is 34.6 Å². The first-order valence-electron chi connectivity index (χ1n) is 7.67. The highest BCUT2D eigenvalue weighted by Crippen LogP contribution is 2.19. The lowest BCUT2D eigenvalue weighted by molar-refractivity contribution is -0.131. The number of aromatic amines is 1. The lowest BCUT2D eigenvalue weighted by Crippen LogP contribution is -2.33. The molecule has 0 fully saturated rings. The number of amides is 1. The number of aryl methyl sites for hydroxylation is 1. The van der Waals surface area contributed by atoms with Gasteiger partial charge in [-0.15, -0.1) is 0 Å². The summed E-state index contributed by atoms with van der Waals surface area (Å²) in [7, 11) is 0. The Balaban J connectivity index is 2.16. The summed E-state index contributed by atoms with van der Waals surface area (Å²) in [5, 5.41) is 16.1. The molecule has 0 bridgehead atoms. The number of H-pyrrole nitrogens is 1. The van der Waals surface area contributed by atoms with Crippen molar-refractivity contribution < 1.29 is 9.90 Å². The topological polar surface area (TPSA) is 74.2 Å². The summed E-state index contributed by atoms with van der Waals surface area (Å²) in [5.41, 5.74) is 2.10. The maximum Gasteiger partial charge on any atom is 0.224 e. The van der Waals surface area contributed by atoms with Crippen molar-refractivity contribution in [3.8, 4) is 11.4 Å². The van der Waals surface area contributed by atoms with Gasteiger partial charge in [-0.25, -0.2) is 0 Å². The second-order valence-electron chi connectivity index (χ2n) is 5.32. The SMILES string of the molecule is CCN(CCO)C(=O)CCn1c(-c2cccc(C)c2)n[nH]c1=S. The third kappa shape index (κ3) is 4.27. The number of aromatic nitrogens is 3. The minimum atomic E-state index is -0.0285. The zero-order valence-corrected chi connectivity index (χ0v) is 14.3. The van der Waals surface area contributed by atoms with Crippen LogP contribution in [0, 0.1) is 11.7 Å². The first kappa shape index (κ1) is 17.4. The van der Waals surface area contributed by atoms with Gasteiger partial charge in [0.05, 0.1) is 6.61 Å². The molecule has 6 nitrogen and oxygen atoms in total. The molecule has 1 amide bonds. The lowest BCUT2D eigenvalue weighted by atomic mass is 10.1. The maximum absolute atomic E-state index is 12.2. The van der Waals surface area contributed by atoms with Crippen LogP contribution in [-0.4, -0.2) is 50.4 Å². The van der Waals surface area contributed by atoms with E-state index in [1.54, 1.807) is 4.90 Å². The minimum Gasteiger partial charge on any atom is -0.395 e. The average molecular weight is 334 g/mol. The number of nitrogens with zero attached hydrogens (tertiary/aromatic N) is 3. The molecular formula is C16H22N4O2S. The summed E-state index contributed by atoms with van der Waals surface area (Å²) in [6.07, 6.45) is 0.320. The molecule has 23 heavy (non-hydrogen) atoms. The standard InChI is InChI=1S/C16H22N4O2S/c1-3-19(9-10-21)14(22)7-8-20-15(17-18-16(20)23)13-6-4-5-12(2)11-13/h4-6,11,21H,3,7-10H2,1-2H3,(H,18,23). The Hall–Kier alpha value is -1.99. The molecule has 0 radical (unpaired) electrons. The molecule has 7 heteroatoms. The van der Waals surface area contributed by atoms with Crippen LogP contribution in [0.1, 0.15) is 18.9 Å². The molecule has 0 spiro atoms. The predicted octanol–water partition coefficient (Wildman–Crippen LogP) is 2.15. The van der Waals surface area contributed by atoms with Crippen molar-refractivity contribution in [1.82, 2.24) is 19.7 Å². The van der Waals surface area contributed by atoms with Gasteiger partial charge in [0.25, 0.3) is 0 Å². The van der Waals surface area contributed by atoms with Gasteiger partial charge in [0.1, 0.15) is 0 Å². The maximum atomic E-state index is 12.2. The molecule has 2 N–H and O–H groups in total. The van der Waals surface area contributed by atoms with Gasteiger partial charge >= 0.3 is 0 Å². The van der Waals surface area contributed by atoms with E-state index in [4.69, 9.17) is 17.3 Å². The van der Waals surface area contributed by atoms with E-state index in [0.717, 1.165) is 17.0 Å². The van der Waals surface area contributed by atoms with E-state index >= 15 is 0 Å². The van der Waals surface area contributed by atoms with Crippen LogP contribution in [0.2, 0.25) is 0 Å². The molecule has 0 aliphatic rings. The number of likely N-dealkylation sites (N-methyl/N-ethyl adjacent to an activating group) is 1. The third-order valence-corrected chi connectivity index (χ3v) is 4.00. The molecule has 1 heterocycles. The van der Waals surface area contributed by atoms with E-state index in [2.05, 4.69) is 10.2 Å². The van der Waals surface area contributed by atoms with Crippen LogP contribution in [0.4, 0.5) is 0 Å². The number of aliphatic hydroxyl groups excluding tert-OH is 1. The summed E-state index contributed by atoms with van der Waals surface area (Å²) in [6, 6.07) is 8.00. The van der Waals surface area contributed by atoms with E-state index < -0.39 is 0 Å². The third-order valence-electron chi connectivity index (χ3n) is 3.69. The fourth-order valence-corrected chi connectivity index (χ4v) is 2.70. The number of hydrogen-bond acceptors (Lipinski definition) is 4. The molecule has 0 aliphatic carbocycles. The quantitative estimate of drug-likeness (QED) is 0.761. The van der Waals surface area contributed by atoms with Crippen LogP contribution in [0.5, 0.6) is 0 Å². The Kier molecular flexibility index (Phi) is 6.06. The van der Waals surface area contributed by atoms with Crippen LogP contribution in [-0.2, 0) is 11.3 Å². The predicted molar refractivity (Wildman–Crippen MR) is 91.5 cm³/mol. The molecule has 2 aromatic rings. The van der Waals surface area contributed by atoms with Gasteiger partial charge in [-0.2, -0.15) is 5.10 Å². The molecule has 0 aliphatic heterocycles. The lowest BCUT2D eigenvalue weighted by Gasteiger charge is -2.19. The normalized spacial score (nSPS) is 10.7. The minimum absolute atomic E-state index is 0.000146. The van der Waals surface area contributed by atoms with E-state index in [1.165, 1.54) is 0 Å². The van der Waals surface area contributed by atoms with Gasteiger partial charge in [-0.05, 0) is 32.1 Å². The van der Waals surface area contributed by atoms with Gasteiger partial charge < -0.3 is 10.0 Å². The van der Waals surface area contributed by atoms with Crippen LogP contribution < -0.4 is 0 Å². The van der Waals surface area contributed by atoms with Crippen molar-refractivity contribution in [2.45, 2.75) is 26.8 Å². The van der Waals surface area contributed by atoms with Crippen LogP contribution in [0.3, 0.4) is 0 Å². The highest BCUT2D eigenvalue weighted by Gasteiger charge is 2.14. The van der Waals surface area contributed by atoms with Gasteiger partial charge in [-0.1, -0.05) is 23.8 Å². The van der Waals surface area contributed by atoms with Crippen molar-refractivity contribution in [1.29, 1.82) is 0 Å². The number of carbonyl (C=O) groups is 1. The smallest absolute Gasteiger partial charge is 0.224 e. The Labute approximate surface area is 140 Å². The summed E-state index contributed by atoms with van der Waals surface area (Å²) >= 11 is 5.28. The van der Waals surface area contributed by atoms with Crippen LogP contribution >= 0.6 is 12.2 Å². The summed E-state index contributed by atoms with van der Waals surface area (Å²) < 4.78 is 2.34. The Morgan fingerprint density at radius 3 is 2.91 bits per heavy atom. The molecule has 0 saturated heterocycles. The summed E-state index contributed by atoms with van der Waals surface area (Å²) in [5.74, 6) is 0.733. The van der Waals surface area contributed by atoms with Crippen LogP contribution in [0.25, 0.3) is 11.4 Å². The van der Waals surface area contributed by atoms with Crippen molar-refractivity contribution in [2.24, 2.45) is 0 Å². The second kappa shape index (κ2) is 8.03. The highest BCUT2D eigenvalue weighted by atomic mass is 32.1. The summed E-state index contributed by atoms with van der Waals surface area (Å²) in [4.78, 5) is 13.8. The van der Waals surface area contributed by atoms with Gasteiger partial charge in [0.2, 0.25) is 5.91 Å². The Morgan fingerprint density at radius 1 is 1.48 bits per heavy atom. The molecule has 0 saturated carbocycles. The van der Waals surface area contributed by atoms with Crippen molar-refractivity contribution in [2.75, 3.05) is 19.7 Å². The molecule has 1 aromatic heterocycles. The number of nitrogens with one attached hydrogen (secondary N) is 1. The van der Waals surface area contributed by atoms with E-state index in [-0.39, 0.29) is 12.5 Å². The van der Waals surface area contributed by atoms with E-state index in [9.17, 15) is 4.79 Å². The Morgan fingerprint density at radius 2 is 2.26 bits per heavy atom. The van der Waals surface area contributed by atoms with Gasteiger partial charge in [0.15, 0.2) is 10.6 Å². The zero-order chi connectivity index (χ0) is 16.8. The first-order chi connectivity index (χ1) is 11.1. The average Bonchev–Trinajstić information content (AvgIpc) is 2.91. The number of rotatable bonds is 7. The number of hydrogen-bond donors (Lipinski definition) is 2. The monoisotopic (exact) mass is 334 g/mol. The van der Waals surface area contributed by atoms with Crippen molar-refractivity contribution >= 4 is 18.1 Å². The highest BCUT2D eigenvalue weighted by molar-refractivity contribution is 7.71. The molecule has 124 valence electrons. The first-order valence-corrected chi connectivity index (χ1v) is 8.08. The fourth-order valence-electron chi connectivity index (χ4n) is 2.48. The van der Waals surface area contributed by atoms with E-state index in [1.807, 2.05) is 42.7 Å². The molecule has 1 aromatic carbocycles. The van der Waals surface area contributed by atoms with Crippen molar-refractivity contribution in [3.63, 3.8) is 0 Å². The number of benzene rings is 1. The molecule has 0 atom stereocenters. The zero-order valence-electron chi connectivity index (χ0n) is 13.5. The van der Waals surface area contributed by atoms with E-state index in [0.29, 0.717) is 30.8 Å². The Bertz CT molecular complexity index is 723. The molecule has 2 rings (SSSR count). The van der Waals surface area contributed by atoms with Gasteiger partial charge in [-0.3, -0.25) is 14.5 Å². The van der Waals surface area contributed by atoms with Gasteiger partial charge in [0, 0.05) is 31.6 Å². The largest absolute Gasteiger partial charge is 0.395 e. The fraction of sp³-hybridized carbons (Fsp3) is 0.438. The number of carbonyl (C=O) groups excluding carboxylic acids is 1. The number of aliphatic hydroxyl groups is 1. The summed E-state index contributed by atoms with van der Waals surface area (Å²) in [6.45, 7) is 5.29. The second-order valence-corrected chi connectivity index (χ2v) is 5.71. The van der Waals surface area contributed by atoms with Crippen LogP contribution in [0.15, 0.2) is 24.3 Å².